The molecule has 0 spiro atoms. The van der Waals surface area contributed by atoms with E-state index in [1.165, 1.54) is 24.3 Å². The van der Waals surface area contributed by atoms with Gasteiger partial charge < -0.3 is 5.73 Å². The summed E-state index contributed by atoms with van der Waals surface area (Å²) in [6.07, 6.45) is 4.09. The minimum Gasteiger partial charge on any atom is -0.318 e. The van der Waals surface area contributed by atoms with E-state index >= 15 is 0 Å². The van der Waals surface area contributed by atoms with Gasteiger partial charge in [0.2, 0.25) is 0 Å². The molecule has 0 bridgehead atoms. The van der Waals surface area contributed by atoms with Crippen molar-refractivity contribution in [3.8, 4) is 0 Å². The second-order valence-corrected chi connectivity index (χ2v) is 6.83. The first-order valence-corrected chi connectivity index (χ1v) is 7.76. The molecule has 0 amide bonds. The summed E-state index contributed by atoms with van der Waals surface area (Å²) in [5.74, 6) is 2.62. The standard InChI is InChI=1S/C15H17N3S/c16-13(9-4-2-1-3-5-9)15-18-17-14(19-15)12-7-10-6-11(10)8-12/h1-5,10-13H,6-8,16H2. The molecule has 2 N–H and O–H groups in total. The highest BCUT2D eigenvalue weighted by Crippen LogP contribution is 2.57. The van der Waals surface area contributed by atoms with Crippen LogP contribution in [0.4, 0.5) is 0 Å². The van der Waals surface area contributed by atoms with Crippen molar-refractivity contribution in [2.75, 3.05) is 0 Å². The van der Waals surface area contributed by atoms with Gasteiger partial charge in [-0.2, -0.15) is 0 Å². The van der Waals surface area contributed by atoms with Crippen LogP contribution in [0.1, 0.15) is 46.8 Å². The fourth-order valence-corrected chi connectivity index (χ4v) is 4.26. The van der Waals surface area contributed by atoms with Crippen LogP contribution in [0.5, 0.6) is 0 Å². The predicted molar refractivity (Wildman–Crippen MR) is 76.0 cm³/mol. The van der Waals surface area contributed by atoms with Crippen molar-refractivity contribution < 1.29 is 0 Å². The topological polar surface area (TPSA) is 51.8 Å². The first-order chi connectivity index (χ1) is 9.31. The summed E-state index contributed by atoms with van der Waals surface area (Å²) in [7, 11) is 0. The van der Waals surface area contributed by atoms with Gasteiger partial charge in [0.05, 0.1) is 6.04 Å². The van der Waals surface area contributed by atoms with E-state index in [0.29, 0.717) is 5.92 Å². The molecule has 2 aliphatic rings. The van der Waals surface area contributed by atoms with Gasteiger partial charge in [-0.25, -0.2) is 0 Å². The fourth-order valence-electron chi connectivity index (χ4n) is 3.26. The van der Waals surface area contributed by atoms with Gasteiger partial charge in [-0.1, -0.05) is 41.7 Å². The lowest BCUT2D eigenvalue weighted by Gasteiger charge is -2.08. The summed E-state index contributed by atoms with van der Waals surface area (Å²) in [5.41, 5.74) is 7.38. The lowest BCUT2D eigenvalue weighted by Crippen LogP contribution is -2.11. The number of fused-ring (bicyclic) bond motifs is 1. The molecule has 1 aromatic carbocycles. The van der Waals surface area contributed by atoms with Crippen molar-refractivity contribution in [1.29, 1.82) is 0 Å². The average Bonchev–Trinajstić information content (AvgIpc) is 2.91. The third kappa shape index (κ3) is 2.09. The highest BCUT2D eigenvalue weighted by molar-refractivity contribution is 7.11. The van der Waals surface area contributed by atoms with Crippen molar-refractivity contribution >= 4 is 11.3 Å². The van der Waals surface area contributed by atoms with Gasteiger partial charge in [-0.05, 0) is 36.7 Å². The highest BCUT2D eigenvalue weighted by atomic mass is 32.1. The lowest BCUT2D eigenvalue weighted by molar-refractivity contribution is 0.614. The molecule has 98 valence electrons. The zero-order chi connectivity index (χ0) is 12.8. The molecule has 1 heterocycles. The molecule has 3 atom stereocenters. The quantitative estimate of drug-likeness (QED) is 0.933. The summed E-state index contributed by atoms with van der Waals surface area (Å²) in [4.78, 5) is 0. The number of hydrogen-bond acceptors (Lipinski definition) is 4. The summed E-state index contributed by atoms with van der Waals surface area (Å²) in [5, 5.41) is 10.9. The van der Waals surface area contributed by atoms with Gasteiger partial charge in [-0.3, -0.25) is 0 Å². The molecular weight excluding hydrogens is 254 g/mol. The smallest absolute Gasteiger partial charge is 0.138 e. The summed E-state index contributed by atoms with van der Waals surface area (Å²) in [6.45, 7) is 0. The van der Waals surface area contributed by atoms with E-state index in [0.717, 1.165) is 22.4 Å². The molecule has 0 saturated heterocycles. The first kappa shape index (κ1) is 11.6. The van der Waals surface area contributed by atoms with E-state index in [1.807, 2.05) is 18.2 Å². The van der Waals surface area contributed by atoms with Crippen molar-refractivity contribution in [3.05, 3.63) is 45.9 Å². The third-order valence-corrected chi connectivity index (χ3v) is 5.64. The highest BCUT2D eigenvalue weighted by Gasteiger charge is 2.47. The van der Waals surface area contributed by atoms with Crippen LogP contribution >= 0.6 is 11.3 Å². The largest absolute Gasteiger partial charge is 0.318 e. The van der Waals surface area contributed by atoms with Crippen molar-refractivity contribution in [1.82, 2.24) is 10.2 Å². The summed E-state index contributed by atoms with van der Waals surface area (Å²) < 4.78 is 0. The zero-order valence-electron chi connectivity index (χ0n) is 10.7. The zero-order valence-corrected chi connectivity index (χ0v) is 11.5. The molecule has 4 heteroatoms. The third-order valence-electron chi connectivity index (χ3n) is 4.47. The van der Waals surface area contributed by atoms with Gasteiger partial charge in [0.15, 0.2) is 0 Å². The molecule has 2 saturated carbocycles. The fraction of sp³-hybridized carbons (Fsp3) is 0.467. The normalized spacial score (nSPS) is 30.1. The van der Waals surface area contributed by atoms with E-state index < -0.39 is 0 Å². The molecular formula is C15H17N3S. The Bertz CT molecular complexity index is 570. The van der Waals surface area contributed by atoms with Crippen molar-refractivity contribution in [3.63, 3.8) is 0 Å². The molecule has 3 nitrogen and oxygen atoms in total. The molecule has 2 aliphatic carbocycles. The Hall–Kier alpha value is -1.26. The predicted octanol–water partition coefficient (Wildman–Crippen LogP) is 3.10. The Balaban J connectivity index is 1.54. The lowest BCUT2D eigenvalue weighted by atomic mass is 10.1. The Morgan fingerprint density at radius 2 is 1.79 bits per heavy atom. The minimum atomic E-state index is -0.136. The maximum Gasteiger partial charge on any atom is 0.138 e. The molecule has 1 aromatic heterocycles. The van der Waals surface area contributed by atoms with Gasteiger partial charge in [0.1, 0.15) is 10.0 Å². The minimum absolute atomic E-state index is 0.136. The van der Waals surface area contributed by atoms with E-state index in [9.17, 15) is 0 Å². The number of aromatic nitrogens is 2. The second kappa shape index (κ2) is 4.39. The summed E-state index contributed by atoms with van der Waals surface area (Å²) >= 11 is 1.71. The van der Waals surface area contributed by atoms with Gasteiger partial charge >= 0.3 is 0 Å². The average molecular weight is 271 g/mol. The van der Waals surface area contributed by atoms with Crippen LogP contribution in [-0.4, -0.2) is 10.2 Å². The van der Waals surface area contributed by atoms with Crippen LogP contribution in [0.2, 0.25) is 0 Å². The number of rotatable bonds is 3. The second-order valence-electron chi connectivity index (χ2n) is 5.79. The Morgan fingerprint density at radius 1 is 1.05 bits per heavy atom. The van der Waals surface area contributed by atoms with Crippen LogP contribution in [0.3, 0.4) is 0 Å². The molecule has 2 fully saturated rings. The van der Waals surface area contributed by atoms with E-state index in [2.05, 4.69) is 22.3 Å². The number of benzene rings is 1. The molecule has 19 heavy (non-hydrogen) atoms. The first-order valence-electron chi connectivity index (χ1n) is 6.95. The Kier molecular flexibility index (Phi) is 2.67. The van der Waals surface area contributed by atoms with Crippen LogP contribution in [0.25, 0.3) is 0 Å². The van der Waals surface area contributed by atoms with Gasteiger partial charge in [0, 0.05) is 5.92 Å². The van der Waals surface area contributed by atoms with Crippen LogP contribution in [0, 0.1) is 11.8 Å². The Labute approximate surface area is 116 Å². The Morgan fingerprint density at radius 3 is 2.53 bits per heavy atom. The molecule has 3 unspecified atom stereocenters. The van der Waals surface area contributed by atoms with Crippen molar-refractivity contribution in [2.45, 2.75) is 31.2 Å². The van der Waals surface area contributed by atoms with Crippen LogP contribution < -0.4 is 5.73 Å². The van der Waals surface area contributed by atoms with E-state index in [-0.39, 0.29) is 6.04 Å². The molecule has 2 aromatic rings. The SMILES string of the molecule is NC(c1ccccc1)c1nnc(C2CC3CC3C2)s1. The van der Waals surface area contributed by atoms with Gasteiger partial charge in [-0.15, -0.1) is 10.2 Å². The number of nitrogens with zero attached hydrogens (tertiary/aromatic N) is 2. The molecule has 4 rings (SSSR count). The number of hydrogen-bond donors (Lipinski definition) is 1. The maximum atomic E-state index is 6.27. The van der Waals surface area contributed by atoms with Crippen molar-refractivity contribution in [2.24, 2.45) is 17.6 Å². The van der Waals surface area contributed by atoms with E-state index in [4.69, 9.17) is 5.73 Å². The molecule has 0 aliphatic heterocycles. The van der Waals surface area contributed by atoms with Crippen LogP contribution in [0.15, 0.2) is 30.3 Å². The van der Waals surface area contributed by atoms with E-state index in [1.54, 1.807) is 11.3 Å². The summed E-state index contributed by atoms with van der Waals surface area (Å²) in [6, 6.07) is 10.0. The number of nitrogens with two attached hydrogens (primary N) is 1. The molecule has 0 radical (unpaired) electrons. The maximum absolute atomic E-state index is 6.27. The monoisotopic (exact) mass is 271 g/mol. The van der Waals surface area contributed by atoms with Gasteiger partial charge in [0.25, 0.3) is 0 Å². The van der Waals surface area contributed by atoms with Crippen LogP contribution in [-0.2, 0) is 0 Å².